The van der Waals surface area contributed by atoms with Crippen molar-refractivity contribution < 1.29 is 33.0 Å². The van der Waals surface area contributed by atoms with Gasteiger partial charge >= 0.3 is 174 Å². The van der Waals surface area contributed by atoms with E-state index in [1.807, 2.05) is 0 Å². The maximum atomic E-state index is 14.1. The molecule has 0 amide bonds. The average Bonchev–Trinajstić information content (AvgIpc) is 2.72. The quantitative estimate of drug-likeness (QED) is 0.243. The first kappa shape index (κ1) is 21.5. The van der Waals surface area contributed by atoms with E-state index >= 15 is 0 Å². The number of aromatic nitrogens is 1. The molecule has 1 heterocycles. The van der Waals surface area contributed by atoms with Crippen molar-refractivity contribution in [1.82, 2.24) is 4.98 Å². The molecule has 0 atom stereocenters. The molecule has 12 heteroatoms. The minimum atomic E-state index is -5.45. The van der Waals surface area contributed by atoms with Gasteiger partial charge < -0.3 is 0 Å². The van der Waals surface area contributed by atoms with Gasteiger partial charge in [0.2, 0.25) is 0 Å². The predicted molar refractivity (Wildman–Crippen MR) is 92.4 cm³/mol. The summed E-state index contributed by atoms with van der Waals surface area (Å²) < 4.78 is 108. The molecule has 0 saturated carbocycles. The second-order valence-electron chi connectivity index (χ2n) is 5.43. The Bertz CT molecular complexity index is 1150. The second kappa shape index (κ2) is 8.28. The van der Waals surface area contributed by atoms with Crippen molar-refractivity contribution in [2.75, 3.05) is 2.20 Å². The average molecular weight is 627 g/mol. The maximum absolute atomic E-state index is 14.1. The summed E-state index contributed by atoms with van der Waals surface area (Å²) in [6.45, 7) is 0. The molecule has 0 saturated heterocycles. The van der Waals surface area contributed by atoms with Crippen LogP contribution in [0.2, 0.25) is 0 Å². The number of halogens is 6. The third-order valence-corrected chi connectivity index (χ3v) is 9.29. The number of para-hydroxylation sites is 1. The van der Waals surface area contributed by atoms with Crippen LogP contribution in [0, 0.1) is 29.1 Å². The number of nitrogens with zero attached hydrogens (tertiary/aromatic N) is 2. The van der Waals surface area contributed by atoms with Crippen LogP contribution in [-0.2, 0) is 10.0 Å². The zero-order chi connectivity index (χ0) is 21.3. The molecule has 0 fully saturated rings. The Balaban J connectivity index is 2.26. The first-order chi connectivity index (χ1) is 13.7. The molecule has 2 aromatic carbocycles. The van der Waals surface area contributed by atoms with Crippen molar-refractivity contribution in [3.8, 4) is 11.3 Å². The minimum absolute atomic E-state index is 0.0648. The third kappa shape index (κ3) is 3.71. The first-order valence-electron chi connectivity index (χ1n) is 7.57. The number of sulfonamides is 1. The first-order valence-corrected chi connectivity index (χ1v) is 11.6. The van der Waals surface area contributed by atoms with Crippen molar-refractivity contribution in [3.05, 3.63) is 77.7 Å². The molecule has 0 unspecified atom stereocenters. The third-order valence-electron chi connectivity index (χ3n) is 3.75. The number of rotatable bonds is 5. The van der Waals surface area contributed by atoms with Gasteiger partial charge in [-0.2, -0.15) is 0 Å². The summed E-state index contributed by atoms with van der Waals surface area (Å²) in [6.07, 6.45) is 1.38. The van der Waals surface area contributed by atoms with Crippen molar-refractivity contribution in [3.63, 3.8) is 0 Å². The monoisotopic (exact) mass is 627 g/mol. The Morgan fingerprint density at radius 2 is 1.34 bits per heavy atom. The number of hydrogen-bond acceptors (Lipinski definition) is 3. The van der Waals surface area contributed by atoms with Gasteiger partial charge in [-0.1, -0.05) is 0 Å². The van der Waals surface area contributed by atoms with Gasteiger partial charge in [0, 0.05) is 0 Å². The van der Waals surface area contributed by atoms with Gasteiger partial charge in [-0.05, 0) is 0 Å². The summed E-state index contributed by atoms with van der Waals surface area (Å²) in [6, 6.07) is 9.96. The van der Waals surface area contributed by atoms with Crippen LogP contribution in [0.4, 0.5) is 30.2 Å². The van der Waals surface area contributed by atoms with Crippen LogP contribution in [0.15, 0.2) is 53.6 Å². The Morgan fingerprint density at radius 1 is 0.793 bits per heavy atom. The Morgan fingerprint density at radius 3 is 1.90 bits per heavy atom. The number of hydrogen-bond donors (Lipinski definition) is 0. The molecular weight excluding hydrogens is 619 g/mol. The SMILES string of the molecule is O=S(=O)(c1c(F)c(F)c(F)c(F)c1F)[N]([Po][F])c1ccccc1-c1ccccn1. The van der Waals surface area contributed by atoms with Crippen molar-refractivity contribution >= 4 is 40.2 Å². The Labute approximate surface area is 173 Å². The molecule has 3 aromatic rings. The fourth-order valence-corrected chi connectivity index (χ4v) is 6.40. The molecule has 0 radical (unpaired) electrons. The van der Waals surface area contributed by atoms with Gasteiger partial charge in [-0.3, -0.25) is 0 Å². The topological polar surface area (TPSA) is 50.3 Å². The molecule has 4 nitrogen and oxygen atoms in total. The van der Waals surface area contributed by atoms with E-state index in [2.05, 4.69) is 4.98 Å². The molecule has 0 bridgehead atoms. The van der Waals surface area contributed by atoms with E-state index in [1.165, 1.54) is 30.5 Å². The van der Waals surface area contributed by atoms with E-state index in [-0.39, 0.29) is 19.1 Å². The van der Waals surface area contributed by atoms with Crippen LogP contribution in [0.3, 0.4) is 0 Å². The fraction of sp³-hybridized carbons (Fsp3) is 0. The molecule has 0 aliphatic heterocycles. The molecule has 3 rings (SSSR count). The summed E-state index contributed by atoms with van der Waals surface area (Å²) in [5.74, 6) is -12.5. The van der Waals surface area contributed by atoms with Gasteiger partial charge in [0.1, 0.15) is 0 Å². The van der Waals surface area contributed by atoms with Crippen molar-refractivity contribution in [2.24, 2.45) is 0 Å². The molecule has 0 aliphatic rings. The molecule has 0 aliphatic carbocycles. The normalized spacial score (nSPS) is 11.5. The van der Waals surface area contributed by atoms with E-state index in [0.29, 0.717) is 0 Å². The summed E-state index contributed by atoms with van der Waals surface area (Å²) in [5.41, 5.74) is -0.0196. The zero-order valence-corrected chi connectivity index (χ0v) is 17.9. The molecule has 0 spiro atoms. The van der Waals surface area contributed by atoms with E-state index < -0.39 is 68.5 Å². The van der Waals surface area contributed by atoms with E-state index in [4.69, 9.17) is 0 Å². The predicted octanol–water partition coefficient (Wildman–Crippen LogP) is 4.14. The van der Waals surface area contributed by atoms with Crippen LogP contribution in [-0.4, -0.2) is 37.9 Å². The van der Waals surface area contributed by atoms with Gasteiger partial charge in [-0.25, -0.2) is 0 Å². The van der Waals surface area contributed by atoms with Crippen molar-refractivity contribution in [1.29, 1.82) is 0 Å². The molecule has 1 aromatic heterocycles. The summed E-state index contributed by atoms with van der Waals surface area (Å²) in [4.78, 5) is 1.90. The Hall–Kier alpha value is -2.18. The Kier molecular flexibility index (Phi) is 6.15. The summed E-state index contributed by atoms with van der Waals surface area (Å²) in [5, 5.41) is 0. The van der Waals surface area contributed by atoms with Crippen LogP contribution < -0.4 is 2.20 Å². The van der Waals surface area contributed by atoms with E-state index in [9.17, 15) is 33.0 Å². The number of benzene rings is 2. The van der Waals surface area contributed by atoms with Crippen LogP contribution in [0.5, 0.6) is 0 Å². The van der Waals surface area contributed by atoms with E-state index in [1.54, 1.807) is 12.1 Å². The number of pyridine rings is 1. The van der Waals surface area contributed by atoms with Crippen LogP contribution in [0.1, 0.15) is 0 Å². The van der Waals surface area contributed by atoms with Gasteiger partial charge in [0.15, 0.2) is 0 Å². The second-order valence-corrected chi connectivity index (χ2v) is 10.1. The zero-order valence-electron chi connectivity index (χ0n) is 13.9. The molecular formula is C17H8F6N2O2PoS. The molecule has 0 N–H and O–H groups in total. The van der Waals surface area contributed by atoms with E-state index in [0.717, 1.165) is 6.07 Å². The van der Waals surface area contributed by atoms with Crippen molar-refractivity contribution in [2.45, 2.75) is 4.90 Å². The van der Waals surface area contributed by atoms with Crippen LogP contribution in [0.25, 0.3) is 11.3 Å². The molecule has 152 valence electrons. The van der Waals surface area contributed by atoms with Gasteiger partial charge in [0.25, 0.3) is 0 Å². The summed E-state index contributed by atoms with van der Waals surface area (Å²) >= 11 is -3.55. The number of anilines is 1. The summed E-state index contributed by atoms with van der Waals surface area (Å²) in [7, 11) is -5.45. The van der Waals surface area contributed by atoms with Crippen LogP contribution >= 0.6 is 0 Å². The van der Waals surface area contributed by atoms with Gasteiger partial charge in [0.05, 0.1) is 0 Å². The fourth-order valence-electron chi connectivity index (χ4n) is 2.47. The molecule has 29 heavy (non-hydrogen) atoms. The van der Waals surface area contributed by atoms with Gasteiger partial charge in [-0.15, -0.1) is 0 Å². The standard InChI is InChI=1S/C17H8F5N2O2S.FH.Po/c18-12-13(19)15(21)17(16(22)14(12)20)27(25,26)24-11-7-2-1-5-9(11)10-6-3-4-8-23-10;;/h1-8H;1H;/q-1;;+2/p-1.